The van der Waals surface area contributed by atoms with Crippen LogP contribution in [0, 0.1) is 25.2 Å². The predicted molar refractivity (Wildman–Crippen MR) is 72.7 cm³/mol. The molecule has 1 aromatic heterocycles. The number of nitrogens with one attached hydrogen (secondary N) is 1. The van der Waals surface area contributed by atoms with Crippen LogP contribution >= 0.6 is 0 Å². The highest BCUT2D eigenvalue weighted by Gasteiger charge is 2.13. The average molecular weight is 269 g/mol. The first kappa shape index (κ1) is 13.8. The van der Waals surface area contributed by atoms with Crippen LogP contribution in [0.15, 0.2) is 28.8 Å². The molecule has 0 bridgehead atoms. The predicted octanol–water partition coefficient (Wildman–Crippen LogP) is 2.02. The highest BCUT2D eigenvalue weighted by Crippen LogP contribution is 2.12. The number of nitriles is 1. The Morgan fingerprint density at radius 1 is 1.45 bits per heavy atom. The van der Waals surface area contributed by atoms with Gasteiger partial charge in [0.15, 0.2) is 0 Å². The van der Waals surface area contributed by atoms with E-state index in [9.17, 15) is 4.79 Å². The van der Waals surface area contributed by atoms with Gasteiger partial charge in [-0.05, 0) is 31.5 Å². The molecule has 102 valence electrons. The summed E-state index contributed by atoms with van der Waals surface area (Å²) in [5.41, 5.74) is 3.05. The van der Waals surface area contributed by atoms with Gasteiger partial charge in [-0.15, -0.1) is 0 Å². The van der Waals surface area contributed by atoms with Crippen molar-refractivity contribution in [1.29, 1.82) is 5.26 Å². The lowest BCUT2D eigenvalue weighted by atomic mass is 10.1. The standard InChI is InChI=1S/C15H15N3O2/c1-10-14(11(2)20-18-10)7-15(19)17-9-13-5-3-4-12(6-13)8-16/h3-6H,7,9H2,1-2H3,(H,17,19). The van der Waals surface area contributed by atoms with Gasteiger partial charge in [-0.3, -0.25) is 4.79 Å². The molecule has 5 heteroatoms. The van der Waals surface area contributed by atoms with E-state index >= 15 is 0 Å². The molecule has 20 heavy (non-hydrogen) atoms. The third kappa shape index (κ3) is 3.23. The van der Waals surface area contributed by atoms with Crippen LogP contribution in [0.5, 0.6) is 0 Å². The van der Waals surface area contributed by atoms with Crippen LogP contribution in [0.3, 0.4) is 0 Å². The molecule has 1 aromatic carbocycles. The van der Waals surface area contributed by atoms with Crippen molar-refractivity contribution in [1.82, 2.24) is 10.5 Å². The zero-order chi connectivity index (χ0) is 14.5. The Balaban J connectivity index is 1.94. The maximum atomic E-state index is 11.9. The zero-order valence-electron chi connectivity index (χ0n) is 11.4. The van der Waals surface area contributed by atoms with Gasteiger partial charge in [0.2, 0.25) is 5.91 Å². The van der Waals surface area contributed by atoms with Crippen LogP contribution in [0.2, 0.25) is 0 Å². The summed E-state index contributed by atoms with van der Waals surface area (Å²) in [7, 11) is 0. The Bertz CT molecular complexity index is 648. The normalized spacial score (nSPS) is 10.1. The number of hydrogen-bond donors (Lipinski definition) is 1. The molecule has 0 aliphatic carbocycles. The summed E-state index contributed by atoms with van der Waals surface area (Å²) in [6, 6.07) is 9.24. The molecule has 2 aromatic rings. The summed E-state index contributed by atoms with van der Waals surface area (Å²) in [6.45, 7) is 4.01. The number of benzene rings is 1. The van der Waals surface area contributed by atoms with Crippen molar-refractivity contribution < 1.29 is 9.32 Å². The first-order chi connectivity index (χ1) is 9.60. The van der Waals surface area contributed by atoms with Crippen molar-refractivity contribution in [3.8, 4) is 6.07 Å². The SMILES string of the molecule is Cc1noc(C)c1CC(=O)NCc1cccc(C#N)c1. The van der Waals surface area contributed by atoms with Gasteiger partial charge in [-0.2, -0.15) is 5.26 Å². The summed E-state index contributed by atoms with van der Waals surface area (Å²) in [6.07, 6.45) is 0.249. The number of carbonyl (C=O) groups excluding carboxylic acids is 1. The lowest BCUT2D eigenvalue weighted by Gasteiger charge is -2.05. The van der Waals surface area contributed by atoms with Gasteiger partial charge < -0.3 is 9.84 Å². The second kappa shape index (κ2) is 6.02. The summed E-state index contributed by atoms with van der Waals surface area (Å²) in [5, 5.41) is 15.5. The smallest absolute Gasteiger partial charge is 0.224 e. The van der Waals surface area contributed by atoms with Crippen LogP contribution in [0.4, 0.5) is 0 Å². The van der Waals surface area contributed by atoms with Gasteiger partial charge in [0.1, 0.15) is 5.76 Å². The number of amides is 1. The molecule has 0 saturated heterocycles. The molecule has 0 saturated carbocycles. The summed E-state index contributed by atoms with van der Waals surface area (Å²) in [5.74, 6) is 0.575. The van der Waals surface area contributed by atoms with Crippen molar-refractivity contribution >= 4 is 5.91 Å². The Labute approximate surface area is 117 Å². The lowest BCUT2D eigenvalue weighted by Crippen LogP contribution is -2.24. The quantitative estimate of drug-likeness (QED) is 0.921. The van der Waals surface area contributed by atoms with Crippen molar-refractivity contribution in [3.63, 3.8) is 0 Å². The Morgan fingerprint density at radius 2 is 2.25 bits per heavy atom. The average Bonchev–Trinajstić information content (AvgIpc) is 2.77. The molecule has 1 amide bonds. The first-order valence-corrected chi connectivity index (χ1v) is 6.27. The van der Waals surface area contributed by atoms with E-state index in [1.807, 2.05) is 13.0 Å². The number of hydrogen-bond acceptors (Lipinski definition) is 4. The molecule has 5 nitrogen and oxygen atoms in total. The van der Waals surface area contributed by atoms with Crippen molar-refractivity contribution in [2.45, 2.75) is 26.8 Å². The molecule has 2 rings (SSSR count). The highest BCUT2D eigenvalue weighted by atomic mass is 16.5. The zero-order valence-corrected chi connectivity index (χ0v) is 11.4. The fraction of sp³-hybridized carbons (Fsp3) is 0.267. The van der Waals surface area contributed by atoms with Crippen LogP contribution in [-0.4, -0.2) is 11.1 Å². The van der Waals surface area contributed by atoms with Gasteiger partial charge >= 0.3 is 0 Å². The summed E-state index contributed by atoms with van der Waals surface area (Å²) < 4.78 is 5.02. The highest BCUT2D eigenvalue weighted by molar-refractivity contribution is 5.79. The van der Waals surface area contributed by atoms with E-state index in [-0.39, 0.29) is 12.3 Å². The molecule has 1 heterocycles. The molecule has 0 fully saturated rings. The second-order valence-electron chi connectivity index (χ2n) is 4.57. The van der Waals surface area contributed by atoms with Gasteiger partial charge in [-0.1, -0.05) is 17.3 Å². The fourth-order valence-electron chi connectivity index (χ4n) is 1.93. The van der Waals surface area contributed by atoms with E-state index in [0.717, 1.165) is 16.8 Å². The molecule has 0 spiro atoms. The fourth-order valence-corrected chi connectivity index (χ4v) is 1.93. The number of aromatic nitrogens is 1. The maximum Gasteiger partial charge on any atom is 0.224 e. The summed E-state index contributed by atoms with van der Waals surface area (Å²) in [4.78, 5) is 11.9. The van der Waals surface area contributed by atoms with E-state index in [1.54, 1.807) is 25.1 Å². The second-order valence-corrected chi connectivity index (χ2v) is 4.57. The van der Waals surface area contributed by atoms with Crippen LogP contribution < -0.4 is 5.32 Å². The molecule has 0 atom stereocenters. The topological polar surface area (TPSA) is 78.9 Å². The number of aryl methyl sites for hydroxylation is 2. The molecule has 0 aliphatic heterocycles. The minimum absolute atomic E-state index is 0.0956. The van der Waals surface area contributed by atoms with Crippen molar-refractivity contribution in [2.24, 2.45) is 0 Å². The Hall–Kier alpha value is -2.61. The number of carbonyl (C=O) groups is 1. The molecule has 0 radical (unpaired) electrons. The Kier molecular flexibility index (Phi) is 4.16. The number of rotatable bonds is 4. The molecular formula is C15H15N3O2. The van der Waals surface area contributed by atoms with E-state index < -0.39 is 0 Å². The van der Waals surface area contributed by atoms with E-state index in [2.05, 4.69) is 16.5 Å². The molecule has 0 unspecified atom stereocenters. The lowest BCUT2D eigenvalue weighted by molar-refractivity contribution is -0.120. The van der Waals surface area contributed by atoms with E-state index in [4.69, 9.17) is 9.78 Å². The summed E-state index contributed by atoms with van der Waals surface area (Å²) >= 11 is 0. The third-order valence-corrected chi connectivity index (χ3v) is 3.06. The minimum Gasteiger partial charge on any atom is -0.361 e. The van der Waals surface area contributed by atoms with Crippen LogP contribution in [0.1, 0.15) is 28.1 Å². The maximum absolute atomic E-state index is 11.9. The van der Waals surface area contributed by atoms with Crippen LogP contribution in [0.25, 0.3) is 0 Å². The molecule has 1 N–H and O–H groups in total. The van der Waals surface area contributed by atoms with Gasteiger partial charge in [0, 0.05) is 12.1 Å². The first-order valence-electron chi connectivity index (χ1n) is 6.27. The van der Waals surface area contributed by atoms with Gasteiger partial charge in [-0.25, -0.2) is 0 Å². The monoisotopic (exact) mass is 269 g/mol. The van der Waals surface area contributed by atoms with E-state index in [1.165, 1.54) is 0 Å². The van der Waals surface area contributed by atoms with E-state index in [0.29, 0.717) is 17.9 Å². The van der Waals surface area contributed by atoms with Crippen molar-refractivity contribution in [2.75, 3.05) is 0 Å². The molecular weight excluding hydrogens is 254 g/mol. The molecule has 0 aliphatic rings. The van der Waals surface area contributed by atoms with Crippen molar-refractivity contribution in [3.05, 3.63) is 52.4 Å². The minimum atomic E-state index is -0.0956. The Morgan fingerprint density at radius 3 is 2.90 bits per heavy atom. The number of nitrogens with zero attached hydrogens (tertiary/aromatic N) is 2. The largest absolute Gasteiger partial charge is 0.361 e. The van der Waals surface area contributed by atoms with Crippen LogP contribution in [-0.2, 0) is 17.8 Å². The third-order valence-electron chi connectivity index (χ3n) is 3.06. The van der Waals surface area contributed by atoms with Gasteiger partial charge in [0.25, 0.3) is 0 Å². The van der Waals surface area contributed by atoms with Gasteiger partial charge in [0.05, 0.1) is 23.7 Å².